The Labute approximate surface area is 119 Å². The average Bonchev–Trinajstić information content (AvgIpc) is 2.40. The zero-order valence-electron chi connectivity index (χ0n) is 11.3. The molecule has 0 saturated carbocycles. The first-order valence-electron chi connectivity index (χ1n) is 6.33. The predicted molar refractivity (Wildman–Crippen MR) is 79.5 cm³/mol. The third-order valence-electron chi connectivity index (χ3n) is 3.01. The second-order valence-electron chi connectivity index (χ2n) is 4.78. The Hall–Kier alpha value is -1.69. The molecule has 4 nitrogen and oxygen atoms in total. The highest BCUT2D eigenvalue weighted by molar-refractivity contribution is 7.89. The third-order valence-corrected chi connectivity index (χ3v) is 3.92. The van der Waals surface area contributed by atoms with Crippen LogP contribution in [0.25, 0.3) is 0 Å². The zero-order chi connectivity index (χ0) is 14.6. The van der Waals surface area contributed by atoms with Crippen LogP contribution < -0.4 is 10.5 Å². The molecule has 20 heavy (non-hydrogen) atoms. The number of nitrogens with two attached hydrogens (primary N) is 1. The Balaban J connectivity index is 1.96. The van der Waals surface area contributed by atoms with Crippen molar-refractivity contribution in [2.24, 2.45) is 5.14 Å². The Morgan fingerprint density at radius 1 is 1.00 bits per heavy atom. The van der Waals surface area contributed by atoms with Gasteiger partial charge in [0, 0.05) is 13.1 Å². The molecule has 0 aliphatic carbocycles. The van der Waals surface area contributed by atoms with Crippen molar-refractivity contribution in [3.05, 3.63) is 65.2 Å². The van der Waals surface area contributed by atoms with E-state index in [2.05, 4.69) is 36.5 Å². The monoisotopic (exact) mass is 290 g/mol. The Morgan fingerprint density at radius 2 is 1.65 bits per heavy atom. The molecule has 2 rings (SSSR count). The zero-order valence-corrected chi connectivity index (χ0v) is 12.2. The summed E-state index contributed by atoms with van der Waals surface area (Å²) in [5.74, 6) is 0. The molecule has 0 spiro atoms. The van der Waals surface area contributed by atoms with Gasteiger partial charge in [-0.3, -0.25) is 0 Å². The van der Waals surface area contributed by atoms with Gasteiger partial charge in [0.1, 0.15) is 0 Å². The van der Waals surface area contributed by atoms with E-state index in [4.69, 9.17) is 5.14 Å². The highest BCUT2D eigenvalue weighted by Crippen LogP contribution is 2.10. The number of hydrogen-bond donors (Lipinski definition) is 2. The molecule has 0 saturated heterocycles. The Bertz CT molecular complexity index is 679. The summed E-state index contributed by atoms with van der Waals surface area (Å²) in [6.07, 6.45) is 0. The van der Waals surface area contributed by atoms with Gasteiger partial charge >= 0.3 is 0 Å². The van der Waals surface area contributed by atoms with E-state index in [-0.39, 0.29) is 4.90 Å². The molecule has 0 aliphatic rings. The van der Waals surface area contributed by atoms with Gasteiger partial charge in [0.2, 0.25) is 10.0 Å². The molecule has 0 fully saturated rings. The minimum absolute atomic E-state index is 0.145. The normalized spacial score (nSPS) is 11.5. The first-order valence-corrected chi connectivity index (χ1v) is 7.88. The first-order chi connectivity index (χ1) is 9.45. The second kappa shape index (κ2) is 6.17. The average molecular weight is 290 g/mol. The molecule has 0 aromatic heterocycles. The highest BCUT2D eigenvalue weighted by Gasteiger charge is 2.07. The molecular formula is C15H18N2O2S. The van der Waals surface area contributed by atoms with Gasteiger partial charge < -0.3 is 5.32 Å². The smallest absolute Gasteiger partial charge is 0.238 e. The van der Waals surface area contributed by atoms with E-state index in [0.717, 1.165) is 12.1 Å². The van der Waals surface area contributed by atoms with Crippen LogP contribution in [0.15, 0.2) is 53.4 Å². The van der Waals surface area contributed by atoms with Crippen molar-refractivity contribution < 1.29 is 8.42 Å². The van der Waals surface area contributed by atoms with Gasteiger partial charge in [0.15, 0.2) is 0 Å². The molecule has 0 amide bonds. The number of nitrogens with one attached hydrogen (secondary N) is 1. The first kappa shape index (κ1) is 14.7. The summed E-state index contributed by atoms with van der Waals surface area (Å²) in [5.41, 5.74) is 3.32. The van der Waals surface area contributed by atoms with Crippen LogP contribution in [0.5, 0.6) is 0 Å². The van der Waals surface area contributed by atoms with Gasteiger partial charge in [0.05, 0.1) is 4.90 Å². The maximum Gasteiger partial charge on any atom is 0.238 e. The minimum Gasteiger partial charge on any atom is -0.309 e. The molecule has 5 heteroatoms. The summed E-state index contributed by atoms with van der Waals surface area (Å²) in [4.78, 5) is 0.145. The van der Waals surface area contributed by atoms with Crippen molar-refractivity contribution in [3.8, 4) is 0 Å². The summed E-state index contributed by atoms with van der Waals surface area (Å²) >= 11 is 0. The lowest BCUT2D eigenvalue weighted by Gasteiger charge is -2.07. The number of rotatable bonds is 5. The molecule has 0 heterocycles. The SMILES string of the molecule is Cc1ccc(CNCc2cccc(S(N)(=O)=O)c2)cc1. The van der Waals surface area contributed by atoms with E-state index in [1.165, 1.54) is 17.2 Å². The van der Waals surface area contributed by atoms with Crippen molar-refractivity contribution in [1.29, 1.82) is 0 Å². The van der Waals surface area contributed by atoms with Crippen LogP contribution in [0.1, 0.15) is 16.7 Å². The van der Waals surface area contributed by atoms with Crippen LogP contribution in [0.2, 0.25) is 0 Å². The molecule has 2 aromatic rings. The number of sulfonamides is 1. The van der Waals surface area contributed by atoms with E-state index in [9.17, 15) is 8.42 Å². The van der Waals surface area contributed by atoms with E-state index in [0.29, 0.717) is 6.54 Å². The van der Waals surface area contributed by atoms with Gasteiger partial charge in [-0.15, -0.1) is 0 Å². The lowest BCUT2D eigenvalue weighted by Crippen LogP contribution is -2.15. The van der Waals surface area contributed by atoms with Gasteiger partial charge in [-0.25, -0.2) is 13.6 Å². The maximum atomic E-state index is 11.3. The Kier molecular flexibility index (Phi) is 4.54. The molecule has 0 aliphatic heterocycles. The number of primary sulfonamides is 1. The van der Waals surface area contributed by atoms with Crippen molar-refractivity contribution in [2.45, 2.75) is 24.9 Å². The molecule has 0 atom stereocenters. The molecule has 0 radical (unpaired) electrons. The topological polar surface area (TPSA) is 72.2 Å². The van der Waals surface area contributed by atoms with Crippen LogP contribution in [-0.2, 0) is 23.1 Å². The van der Waals surface area contributed by atoms with Crippen LogP contribution in [0.3, 0.4) is 0 Å². The second-order valence-corrected chi connectivity index (χ2v) is 6.34. The van der Waals surface area contributed by atoms with Crippen molar-refractivity contribution in [1.82, 2.24) is 5.32 Å². The van der Waals surface area contributed by atoms with Crippen LogP contribution >= 0.6 is 0 Å². The molecule has 0 bridgehead atoms. The van der Waals surface area contributed by atoms with E-state index < -0.39 is 10.0 Å². The molecular weight excluding hydrogens is 272 g/mol. The molecule has 0 unspecified atom stereocenters. The number of aryl methyl sites for hydroxylation is 1. The minimum atomic E-state index is -3.64. The lowest BCUT2D eigenvalue weighted by atomic mass is 10.1. The van der Waals surface area contributed by atoms with Crippen LogP contribution in [0, 0.1) is 6.92 Å². The summed E-state index contributed by atoms with van der Waals surface area (Å²) in [6.45, 7) is 3.38. The summed E-state index contributed by atoms with van der Waals surface area (Å²) < 4.78 is 22.5. The standard InChI is InChI=1S/C15H18N2O2S/c1-12-5-7-13(8-6-12)10-17-11-14-3-2-4-15(9-14)20(16,18)19/h2-9,17H,10-11H2,1H3,(H2,16,18,19). The number of benzene rings is 2. The van der Waals surface area contributed by atoms with Gasteiger partial charge in [-0.1, -0.05) is 42.0 Å². The fraction of sp³-hybridized carbons (Fsp3) is 0.200. The van der Waals surface area contributed by atoms with Gasteiger partial charge in [-0.2, -0.15) is 0 Å². The summed E-state index contributed by atoms with van der Waals surface area (Å²) in [6, 6.07) is 14.9. The fourth-order valence-corrected chi connectivity index (χ4v) is 2.47. The number of hydrogen-bond acceptors (Lipinski definition) is 3. The van der Waals surface area contributed by atoms with Crippen LogP contribution in [-0.4, -0.2) is 8.42 Å². The molecule has 2 aromatic carbocycles. The van der Waals surface area contributed by atoms with Gasteiger partial charge in [-0.05, 0) is 30.2 Å². The van der Waals surface area contributed by atoms with Crippen molar-refractivity contribution in [2.75, 3.05) is 0 Å². The van der Waals surface area contributed by atoms with E-state index >= 15 is 0 Å². The maximum absolute atomic E-state index is 11.3. The fourth-order valence-electron chi connectivity index (χ4n) is 1.89. The van der Waals surface area contributed by atoms with E-state index in [1.54, 1.807) is 12.1 Å². The summed E-state index contributed by atoms with van der Waals surface area (Å²) in [7, 11) is -3.64. The lowest BCUT2D eigenvalue weighted by molar-refractivity contribution is 0.597. The molecule has 3 N–H and O–H groups in total. The predicted octanol–water partition coefficient (Wildman–Crippen LogP) is 1.93. The quantitative estimate of drug-likeness (QED) is 0.884. The largest absolute Gasteiger partial charge is 0.309 e. The van der Waals surface area contributed by atoms with Crippen molar-refractivity contribution >= 4 is 10.0 Å². The van der Waals surface area contributed by atoms with Crippen molar-refractivity contribution in [3.63, 3.8) is 0 Å². The van der Waals surface area contributed by atoms with Crippen LogP contribution in [0.4, 0.5) is 0 Å². The Morgan fingerprint density at radius 3 is 2.30 bits per heavy atom. The highest BCUT2D eigenvalue weighted by atomic mass is 32.2. The third kappa shape index (κ3) is 4.16. The summed E-state index contributed by atoms with van der Waals surface area (Å²) in [5, 5.41) is 8.39. The molecule has 106 valence electrons. The van der Waals surface area contributed by atoms with Gasteiger partial charge in [0.25, 0.3) is 0 Å². The van der Waals surface area contributed by atoms with E-state index in [1.807, 2.05) is 6.07 Å².